The van der Waals surface area contributed by atoms with Crippen molar-refractivity contribution in [2.45, 2.75) is 6.42 Å². The summed E-state index contributed by atoms with van der Waals surface area (Å²) in [6.07, 6.45) is 0.975. The molecule has 22 heavy (non-hydrogen) atoms. The maximum absolute atomic E-state index is 5.83. The van der Waals surface area contributed by atoms with E-state index in [0.29, 0.717) is 0 Å². The van der Waals surface area contributed by atoms with E-state index in [-0.39, 0.29) is 7.12 Å². The molecule has 0 bridgehead atoms. The third-order valence-corrected chi connectivity index (χ3v) is 4.64. The van der Waals surface area contributed by atoms with Gasteiger partial charge < -0.3 is 9.31 Å². The average molecular weight is 286 g/mol. The number of hydrogen-bond donors (Lipinski definition) is 0. The minimum atomic E-state index is -0.238. The highest BCUT2D eigenvalue weighted by atomic mass is 16.6. The van der Waals surface area contributed by atoms with E-state index in [9.17, 15) is 0 Å². The standard InChI is InChI=1S/C19H15BO2/c1-3-13-5-6-15-8-10-17(20-21-11-2-12-22-20)16-9-7-14(4-1)18(13)19(15)16/h1,3-10H,2,11-12H2. The smallest absolute Gasteiger partial charge is 0.407 e. The van der Waals surface area contributed by atoms with E-state index in [4.69, 9.17) is 9.31 Å². The molecule has 0 aromatic heterocycles. The molecule has 0 saturated carbocycles. The van der Waals surface area contributed by atoms with Crippen LogP contribution in [0.4, 0.5) is 0 Å². The largest absolute Gasteiger partial charge is 0.494 e. The fraction of sp³-hybridized carbons (Fsp3) is 0.158. The molecule has 0 unspecified atom stereocenters. The molecule has 0 aliphatic carbocycles. The molecule has 3 heteroatoms. The molecule has 1 fully saturated rings. The molecule has 1 aliphatic rings. The molecule has 5 rings (SSSR count). The lowest BCUT2D eigenvalue weighted by atomic mass is 9.74. The highest BCUT2D eigenvalue weighted by Gasteiger charge is 2.27. The number of rotatable bonds is 1. The first kappa shape index (κ1) is 12.4. The van der Waals surface area contributed by atoms with Gasteiger partial charge in [-0.25, -0.2) is 0 Å². The third-order valence-electron chi connectivity index (χ3n) is 4.64. The molecule has 1 aliphatic heterocycles. The maximum atomic E-state index is 5.83. The lowest BCUT2D eigenvalue weighted by molar-refractivity contribution is 0.143. The van der Waals surface area contributed by atoms with E-state index in [1.165, 1.54) is 32.3 Å². The van der Waals surface area contributed by atoms with Gasteiger partial charge in [0.2, 0.25) is 0 Å². The molecule has 106 valence electrons. The van der Waals surface area contributed by atoms with Crippen LogP contribution in [-0.4, -0.2) is 20.3 Å². The Balaban J connectivity index is 1.89. The van der Waals surface area contributed by atoms with Crippen LogP contribution in [0.15, 0.2) is 54.6 Å². The zero-order valence-electron chi connectivity index (χ0n) is 12.2. The second-order valence-electron chi connectivity index (χ2n) is 5.94. The summed E-state index contributed by atoms with van der Waals surface area (Å²) >= 11 is 0. The first-order valence-electron chi connectivity index (χ1n) is 7.81. The molecule has 0 radical (unpaired) electrons. The Labute approximate surface area is 129 Å². The van der Waals surface area contributed by atoms with Crippen molar-refractivity contribution in [3.63, 3.8) is 0 Å². The molecule has 2 nitrogen and oxygen atoms in total. The summed E-state index contributed by atoms with van der Waals surface area (Å²) in [7, 11) is -0.238. The Morgan fingerprint density at radius 2 is 1.32 bits per heavy atom. The fourth-order valence-corrected chi connectivity index (χ4v) is 3.63. The molecular formula is C19H15BO2. The second kappa shape index (κ2) is 4.70. The molecule has 4 aromatic rings. The van der Waals surface area contributed by atoms with Crippen molar-refractivity contribution in [2.24, 2.45) is 0 Å². The van der Waals surface area contributed by atoms with Gasteiger partial charge in [-0.3, -0.25) is 0 Å². The van der Waals surface area contributed by atoms with E-state index in [1.54, 1.807) is 0 Å². The molecule has 0 spiro atoms. The van der Waals surface area contributed by atoms with Crippen molar-refractivity contribution < 1.29 is 9.31 Å². The zero-order valence-corrected chi connectivity index (χ0v) is 12.2. The van der Waals surface area contributed by atoms with E-state index >= 15 is 0 Å². The van der Waals surface area contributed by atoms with Gasteiger partial charge >= 0.3 is 7.12 Å². The first-order valence-corrected chi connectivity index (χ1v) is 7.81. The van der Waals surface area contributed by atoms with Gasteiger partial charge in [-0.15, -0.1) is 0 Å². The second-order valence-corrected chi connectivity index (χ2v) is 5.94. The van der Waals surface area contributed by atoms with Crippen molar-refractivity contribution >= 4 is 44.9 Å². The van der Waals surface area contributed by atoms with Crippen LogP contribution in [0.25, 0.3) is 32.3 Å². The van der Waals surface area contributed by atoms with E-state index in [1.807, 2.05) is 0 Å². The highest BCUT2D eigenvalue weighted by Crippen LogP contribution is 2.33. The molecule has 0 N–H and O–H groups in total. The van der Waals surface area contributed by atoms with Gasteiger partial charge in [-0.2, -0.15) is 0 Å². The Bertz CT molecular complexity index is 957. The van der Waals surface area contributed by atoms with Crippen LogP contribution in [0.1, 0.15) is 6.42 Å². The predicted octanol–water partition coefficient (Wildman–Crippen LogP) is 3.72. The molecule has 0 amide bonds. The lowest BCUT2D eigenvalue weighted by Crippen LogP contribution is -2.41. The lowest BCUT2D eigenvalue weighted by Gasteiger charge is -2.22. The van der Waals surface area contributed by atoms with Crippen molar-refractivity contribution in [3.05, 3.63) is 54.6 Å². The summed E-state index contributed by atoms with van der Waals surface area (Å²) in [4.78, 5) is 0. The fourth-order valence-electron chi connectivity index (χ4n) is 3.63. The summed E-state index contributed by atoms with van der Waals surface area (Å²) in [6.45, 7) is 1.54. The molecule has 4 aromatic carbocycles. The van der Waals surface area contributed by atoms with E-state index in [2.05, 4.69) is 54.6 Å². The van der Waals surface area contributed by atoms with Crippen LogP contribution in [0, 0.1) is 0 Å². The predicted molar refractivity (Wildman–Crippen MR) is 92.1 cm³/mol. The Kier molecular flexibility index (Phi) is 2.66. The summed E-state index contributed by atoms with van der Waals surface area (Å²) in [5.41, 5.74) is 1.14. The van der Waals surface area contributed by atoms with Gasteiger partial charge in [0.25, 0.3) is 0 Å². The van der Waals surface area contributed by atoms with Gasteiger partial charge in [0.1, 0.15) is 0 Å². The van der Waals surface area contributed by atoms with Gasteiger partial charge in [-0.1, -0.05) is 54.6 Å². The van der Waals surface area contributed by atoms with Crippen LogP contribution < -0.4 is 5.46 Å². The van der Waals surface area contributed by atoms with Gasteiger partial charge in [0.05, 0.1) is 0 Å². The van der Waals surface area contributed by atoms with E-state index < -0.39 is 0 Å². The Morgan fingerprint density at radius 3 is 2.09 bits per heavy atom. The van der Waals surface area contributed by atoms with Crippen LogP contribution in [0.3, 0.4) is 0 Å². The van der Waals surface area contributed by atoms with Crippen LogP contribution >= 0.6 is 0 Å². The van der Waals surface area contributed by atoms with Crippen molar-refractivity contribution in [1.29, 1.82) is 0 Å². The van der Waals surface area contributed by atoms with Crippen LogP contribution in [0.2, 0.25) is 0 Å². The van der Waals surface area contributed by atoms with Gasteiger partial charge in [0.15, 0.2) is 0 Å². The van der Waals surface area contributed by atoms with Crippen molar-refractivity contribution in [1.82, 2.24) is 0 Å². The minimum absolute atomic E-state index is 0.238. The molecule has 0 atom stereocenters. The average Bonchev–Trinajstić information content (AvgIpc) is 2.60. The number of hydrogen-bond acceptors (Lipinski definition) is 2. The number of benzene rings is 4. The summed E-state index contributed by atoms with van der Waals surface area (Å²) in [5.74, 6) is 0. The third kappa shape index (κ3) is 1.70. The highest BCUT2D eigenvalue weighted by molar-refractivity contribution is 6.65. The minimum Gasteiger partial charge on any atom is -0.407 e. The summed E-state index contributed by atoms with van der Waals surface area (Å²) < 4.78 is 11.7. The van der Waals surface area contributed by atoms with Crippen LogP contribution in [0.5, 0.6) is 0 Å². The molecular weight excluding hydrogens is 271 g/mol. The van der Waals surface area contributed by atoms with Crippen molar-refractivity contribution in [2.75, 3.05) is 13.2 Å². The zero-order chi connectivity index (χ0) is 14.5. The monoisotopic (exact) mass is 286 g/mol. The van der Waals surface area contributed by atoms with Gasteiger partial charge in [-0.05, 0) is 44.2 Å². The topological polar surface area (TPSA) is 18.5 Å². The van der Waals surface area contributed by atoms with E-state index in [0.717, 1.165) is 25.1 Å². The van der Waals surface area contributed by atoms with Gasteiger partial charge in [0, 0.05) is 13.2 Å². The first-order chi connectivity index (χ1) is 10.9. The Morgan fingerprint density at radius 1 is 0.682 bits per heavy atom. The maximum Gasteiger partial charge on any atom is 0.494 e. The molecule has 1 saturated heterocycles. The van der Waals surface area contributed by atoms with Crippen LogP contribution in [-0.2, 0) is 9.31 Å². The SMILES string of the molecule is c1cc2ccc3ccc(B4OCCCO4)c4ccc(c1)c2c34. The normalized spacial score (nSPS) is 16.1. The summed E-state index contributed by atoms with van der Waals surface area (Å²) in [6, 6.07) is 19.6. The Hall–Kier alpha value is -2.10. The summed E-state index contributed by atoms with van der Waals surface area (Å²) in [5, 5.41) is 7.77. The van der Waals surface area contributed by atoms with Crippen molar-refractivity contribution in [3.8, 4) is 0 Å². The molecule has 1 heterocycles. The quantitative estimate of drug-likeness (QED) is 0.392.